The van der Waals surface area contributed by atoms with Crippen molar-refractivity contribution in [2.75, 3.05) is 12.4 Å². The fourth-order valence-corrected chi connectivity index (χ4v) is 2.63. The molecule has 0 aliphatic rings. The zero-order chi connectivity index (χ0) is 18.7. The van der Waals surface area contributed by atoms with Gasteiger partial charge in [-0.25, -0.2) is 4.68 Å². The average molecular weight is 349 g/mol. The highest BCUT2D eigenvalue weighted by Crippen LogP contribution is 2.31. The Hall–Kier alpha value is -3.08. The summed E-state index contributed by atoms with van der Waals surface area (Å²) in [5.41, 5.74) is 3.13. The normalized spacial score (nSPS) is 11.2. The molecular weight excluding hydrogens is 326 g/mol. The minimum absolute atomic E-state index is 0.0239. The lowest BCUT2D eigenvalue weighted by Crippen LogP contribution is -2.15. The smallest absolute Gasteiger partial charge is 0.258 e. The van der Waals surface area contributed by atoms with Crippen LogP contribution in [0, 0.1) is 0 Å². The van der Waals surface area contributed by atoms with Crippen LogP contribution in [0.25, 0.3) is 5.69 Å². The molecule has 1 heterocycles. The van der Waals surface area contributed by atoms with Gasteiger partial charge in [0.15, 0.2) is 0 Å². The van der Waals surface area contributed by atoms with E-state index in [1.165, 1.54) is 0 Å². The first kappa shape index (κ1) is 17.7. The molecule has 1 N–H and O–H groups in total. The Bertz CT molecular complexity index is 909. The molecule has 0 saturated heterocycles. The van der Waals surface area contributed by atoms with E-state index in [1.807, 2.05) is 48.5 Å². The SMILES string of the molecule is COc1ccc(C(C)(C)C)cc1NC(=O)c1cnn(-c2ccccc2)c1. The Morgan fingerprint density at radius 1 is 1.12 bits per heavy atom. The number of carbonyl (C=O) groups is 1. The van der Waals surface area contributed by atoms with E-state index >= 15 is 0 Å². The van der Waals surface area contributed by atoms with Crippen molar-refractivity contribution in [2.45, 2.75) is 26.2 Å². The van der Waals surface area contributed by atoms with Crippen LogP contribution in [0.5, 0.6) is 5.75 Å². The number of carbonyl (C=O) groups excluding carboxylic acids is 1. The zero-order valence-electron chi connectivity index (χ0n) is 15.5. The van der Waals surface area contributed by atoms with Gasteiger partial charge in [0.1, 0.15) is 5.75 Å². The summed E-state index contributed by atoms with van der Waals surface area (Å²) < 4.78 is 7.07. The number of hydrogen-bond donors (Lipinski definition) is 1. The first-order valence-electron chi connectivity index (χ1n) is 8.48. The fraction of sp³-hybridized carbons (Fsp3) is 0.238. The molecule has 3 aromatic rings. The predicted octanol–water partition coefficient (Wildman–Crippen LogP) is 4.43. The third kappa shape index (κ3) is 3.77. The first-order chi connectivity index (χ1) is 12.4. The highest BCUT2D eigenvalue weighted by Gasteiger charge is 2.18. The third-order valence-electron chi connectivity index (χ3n) is 4.18. The van der Waals surface area contributed by atoms with E-state index in [9.17, 15) is 4.79 Å². The maximum Gasteiger partial charge on any atom is 0.258 e. The Balaban J connectivity index is 1.85. The number of rotatable bonds is 4. The van der Waals surface area contributed by atoms with E-state index in [2.05, 4.69) is 31.2 Å². The molecule has 26 heavy (non-hydrogen) atoms. The van der Waals surface area contributed by atoms with Crippen LogP contribution in [-0.2, 0) is 5.41 Å². The summed E-state index contributed by atoms with van der Waals surface area (Å²) in [5, 5.41) is 7.21. The molecule has 2 aromatic carbocycles. The zero-order valence-corrected chi connectivity index (χ0v) is 15.5. The van der Waals surface area contributed by atoms with E-state index in [-0.39, 0.29) is 11.3 Å². The third-order valence-corrected chi connectivity index (χ3v) is 4.18. The molecule has 1 aromatic heterocycles. The minimum atomic E-state index is -0.225. The second-order valence-electron chi connectivity index (χ2n) is 7.13. The summed E-state index contributed by atoms with van der Waals surface area (Å²) in [6.07, 6.45) is 3.27. The summed E-state index contributed by atoms with van der Waals surface area (Å²) >= 11 is 0. The number of methoxy groups -OCH3 is 1. The Kier molecular flexibility index (Phi) is 4.80. The van der Waals surface area contributed by atoms with Crippen molar-refractivity contribution in [1.29, 1.82) is 0 Å². The van der Waals surface area contributed by atoms with Crippen LogP contribution in [-0.4, -0.2) is 22.8 Å². The van der Waals surface area contributed by atoms with Gasteiger partial charge in [0.05, 0.1) is 30.2 Å². The molecule has 5 nitrogen and oxygen atoms in total. The number of nitrogens with zero attached hydrogens (tertiary/aromatic N) is 2. The molecule has 0 atom stereocenters. The van der Waals surface area contributed by atoms with Crippen molar-refractivity contribution in [3.8, 4) is 11.4 Å². The molecule has 134 valence electrons. The maximum atomic E-state index is 12.7. The molecule has 0 aliphatic heterocycles. The monoisotopic (exact) mass is 349 g/mol. The molecule has 1 amide bonds. The van der Waals surface area contributed by atoms with Gasteiger partial charge in [-0.2, -0.15) is 5.10 Å². The summed E-state index contributed by atoms with van der Waals surface area (Å²) in [6.45, 7) is 6.39. The fourth-order valence-electron chi connectivity index (χ4n) is 2.63. The number of nitrogens with one attached hydrogen (secondary N) is 1. The van der Waals surface area contributed by atoms with Crippen molar-refractivity contribution in [3.63, 3.8) is 0 Å². The minimum Gasteiger partial charge on any atom is -0.495 e. The van der Waals surface area contributed by atoms with Crippen LogP contribution in [0.2, 0.25) is 0 Å². The molecular formula is C21H23N3O2. The summed E-state index contributed by atoms with van der Waals surface area (Å²) in [4.78, 5) is 12.7. The van der Waals surface area contributed by atoms with E-state index in [1.54, 1.807) is 24.2 Å². The number of para-hydroxylation sites is 1. The van der Waals surface area contributed by atoms with Crippen LogP contribution in [0.3, 0.4) is 0 Å². The topological polar surface area (TPSA) is 56.1 Å². The van der Waals surface area contributed by atoms with Gasteiger partial charge >= 0.3 is 0 Å². The molecule has 0 saturated carbocycles. The van der Waals surface area contributed by atoms with Crippen LogP contribution in [0.1, 0.15) is 36.7 Å². The van der Waals surface area contributed by atoms with Crippen LogP contribution in [0.4, 0.5) is 5.69 Å². The molecule has 0 spiro atoms. The van der Waals surface area contributed by atoms with Gasteiger partial charge in [-0.3, -0.25) is 4.79 Å². The van der Waals surface area contributed by atoms with E-state index in [0.717, 1.165) is 11.3 Å². The molecule has 0 radical (unpaired) electrons. The standard InChI is InChI=1S/C21H23N3O2/c1-21(2,3)16-10-11-19(26-4)18(12-16)23-20(25)15-13-22-24(14-15)17-8-6-5-7-9-17/h5-14H,1-4H3,(H,23,25). The Morgan fingerprint density at radius 2 is 1.85 bits per heavy atom. The molecule has 0 fully saturated rings. The maximum absolute atomic E-state index is 12.7. The lowest BCUT2D eigenvalue weighted by atomic mass is 9.87. The van der Waals surface area contributed by atoms with Gasteiger partial charge in [0, 0.05) is 6.20 Å². The van der Waals surface area contributed by atoms with Gasteiger partial charge in [-0.05, 0) is 35.2 Å². The van der Waals surface area contributed by atoms with E-state index in [0.29, 0.717) is 17.0 Å². The summed E-state index contributed by atoms with van der Waals surface area (Å²) in [5.74, 6) is 0.401. The van der Waals surface area contributed by atoms with E-state index in [4.69, 9.17) is 4.74 Å². The highest BCUT2D eigenvalue weighted by molar-refractivity contribution is 6.04. The first-order valence-corrected chi connectivity index (χ1v) is 8.48. The van der Waals surface area contributed by atoms with Gasteiger partial charge in [-0.15, -0.1) is 0 Å². The second-order valence-corrected chi connectivity index (χ2v) is 7.13. The van der Waals surface area contributed by atoms with Gasteiger partial charge in [0.2, 0.25) is 0 Å². The van der Waals surface area contributed by atoms with Crippen molar-refractivity contribution >= 4 is 11.6 Å². The quantitative estimate of drug-likeness (QED) is 0.758. The van der Waals surface area contributed by atoms with Crippen molar-refractivity contribution in [2.24, 2.45) is 0 Å². The van der Waals surface area contributed by atoms with Crippen LogP contribution in [0.15, 0.2) is 60.9 Å². The Labute approximate surface area is 153 Å². The average Bonchev–Trinajstić information content (AvgIpc) is 3.12. The summed E-state index contributed by atoms with van der Waals surface area (Å²) in [6, 6.07) is 15.5. The van der Waals surface area contributed by atoms with Crippen molar-refractivity contribution in [1.82, 2.24) is 9.78 Å². The second kappa shape index (κ2) is 7.04. The molecule has 0 unspecified atom stereocenters. The highest BCUT2D eigenvalue weighted by atomic mass is 16.5. The number of aromatic nitrogens is 2. The molecule has 3 rings (SSSR count). The number of anilines is 1. The molecule has 0 aliphatic carbocycles. The van der Waals surface area contributed by atoms with Gasteiger partial charge in [0.25, 0.3) is 5.91 Å². The van der Waals surface area contributed by atoms with Gasteiger partial charge < -0.3 is 10.1 Å². The lowest BCUT2D eigenvalue weighted by molar-refractivity contribution is 0.102. The van der Waals surface area contributed by atoms with E-state index < -0.39 is 0 Å². The van der Waals surface area contributed by atoms with Crippen molar-refractivity contribution < 1.29 is 9.53 Å². The Morgan fingerprint density at radius 3 is 2.50 bits per heavy atom. The molecule has 5 heteroatoms. The predicted molar refractivity (Wildman–Crippen MR) is 103 cm³/mol. The van der Waals surface area contributed by atoms with Gasteiger partial charge in [-0.1, -0.05) is 45.0 Å². The van der Waals surface area contributed by atoms with Crippen molar-refractivity contribution in [3.05, 3.63) is 72.1 Å². The molecule has 0 bridgehead atoms. The van der Waals surface area contributed by atoms with Crippen LogP contribution < -0.4 is 10.1 Å². The van der Waals surface area contributed by atoms with Crippen LogP contribution >= 0.6 is 0 Å². The number of benzene rings is 2. The number of amides is 1. The number of hydrogen-bond acceptors (Lipinski definition) is 3. The largest absolute Gasteiger partial charge is 0.495 e. The number of ether oxygens (including phenoxy) is 1. The lowest BCUT2D eigenvalue weighted by Gasteiger charge is -2.21. The summed E-state index contributed by atoms with van der Waals surface area (Å²) in [7, 11) is 1.59.